The number of ether oxygens (including phenoxy) is 6. The first-order valence-corrected chi connectivity index (χ1v) is 8.88. The summed E-state index contributed by atoms with van der Waals surface area (Å²) in [6, 6.07) is 13.6. The van der Waals surface area contributed by atoms with Crippen molar-refractivity contribution in [3.63, 3.8) is 0 Å². The number of benzene rings is 2. The Morgan fingerprint density at radius 3 is 1.33 bits per heavy atom. The van der Waals surface area contributed by atoms with Gasteiger partial charge in [-0.25, -0.2) is 9.59 Å². The maximum atomic E-state index is 11.7. The molecular formula is C21H22O9. The van der Waals surface area contributed by atoms with Crippen molar-refractivity contribution in [1.29, 1.82) is 0 Å². The van der Waals surface area contributed by atoms with Crippen LogP contribution in [0, 0.1) is 0 Å². The van der Waals surface area contributed by atoms with E-state index < -0.39 is 44.1 Å². The Hall–Kier alpha value is -3.75. The van der Waals surface area contributed by atoms with Gasteiger partial charge in [0.05, 0.1) is 14.2 Å². The lowest BCUT2D eigenvalue weighted by Gasteiger charge is -2.10. The summed E-state index contributed by atoms with van der Waals surface area (Å²) in [5.41, 5.74) is 0. The smallest absolute Gasteiger partial charge is 0.344 e. The molecular weight excluding hydrogens is 396 g/mol. The maximum Gasteiger partial charge on any atom is 0.344 e. The number of ketones is 1. The van der Waals surface area contributed by atoms with E-state index in [1.807, 2.05) is 0 Å². The lowest BCUT2D eigenvalue weighted by atomic mass is 10.3. The molecule has 0 aliphatic carbocycles. The zero-order valence-electron chi connectivity index (χ0n) is 16.6. The number of Topliss-reactive ketones (excluding diaryl/α,β-unsaturated/α-hetero) is 1. The van der Waals surface area contributed by atoms with Crippen LogP contribution in [-0.4, -0.2) is 58.4 Å². The fourth-order valence-corrected chi connectivity index (χ4v) is 2.20. The van der Waals surface area contributed by atoms with Gasteiger partial charge in [0.15, 0.2) is 49.4 Å². The molecule has 0 spiro atoms. The van der Waals surface area contributed by atoms with E-state index in [0.717, 1.165) is 0 Å². The number of carbonyl (C=O) groups is 3. The van der Waals surface area contributed by atoms with E-state index in [-0.39, 0.29) is 0 Å². The monoisotopic (exact) mass is 418 g/mol. The molecule has 30 heavy (non-hydrogen) atoms. The van der Waals surface area contributed by atoms with Crippen LogP contribution >= 0.6 is 0 Å². The summed E-state index contributed by atoms with van der Waals surface area (Å²) in [6.45, 7) is -1.90. The van der Waals surface area contributed by atoms with Crippen molar-refractivity contribution in [2.45, 2.75) is 0 Å². The highest BCUT2D eigenvalue weighted by Crippen LogP contribution is 2.26. The van der Waals surface area contributed by atoms with E-state index in [0.29, 0.717) is 23.0 Å². The number of rotatable bonds is 12. The lowest BCUT2D eigenvalue weighted by Crippen LogP contribution is -2.24. The van der Waals surface area contributed by atoms with Gasteiger partial charge in [-0.2, -0.15) is 0 Å². The summed E-state index contributed by atoms with van der Waals surface area (Å²) in [4.78, 5) is 35.1. The van der Waals surface area contributed by atoms with Crippen molar-refractivity contribution < 1.29 is 42.8 Å². The second-order valence-electron chi connectivity index (χ2n) is 5.74. The van der Waals surface area contributed by atoms with E-state index in [1.54, 1.807) is 48.5 Å². The van der Waals surface area contributed by atoms with Crippen LogP contribution < -0.4 is 18.9 Å². The molecule has 0 unspecified atom stereocenters. The van der Waals surface area contributed by atoms with Gasteiger partial charge in [-0.15, -0.1) is 0 Å². The molecule has 0 fully saturated rings. The van der Waals surface area contributed by atoms with Gasteiger partial charge in [-0.3, -0.25) is 4.79 Å². The largest absolute Gasteiger partial charge is 0.493 e. The molecule has 0 amide bonds. The molecule has 0 radical (unpaired) electrons. The SMILES string of the molecule is COc1ccccc1OCC(=O)OCC(=O)COC(=O)COc1ccccc1OC. The average molecular weight is 418 g/mol. The van der Waals surface area contributed by atoms with Crippen LogP contribution in [0.3, 0.4) is 0 Å². The molecule has 2 aromatic rings. The van der Waals surface area contributed by atoms with Gasteiger partial charge in [0.25, 0.3) is 0 Å². The van der Waals surface area contributed by atoms with Crippen LogP contribution in [0.1, 0.15) is 0 Å². The van der Waals surface area contributed by atoms with Crippen molar-refractivity contribution in [2.75, 3.05) is 40.6 Å². The Morgan fingerprint density at radius 2 is 0.967 bits per heavy atom. The third kappa shape index (κ3) is 7.34. The van der Waals surface area contributed by atoms with Crippen LogP contribution in [-0.2, 0) is 23.9 Å². The molecule has 0 atom stereocenters. The maximum absolute atomic E-state index is 11.7. The number of esters is 2. The molecule has 0 aromatic heterocycles. The van der Waals surface area contributed by atoms with Crippen molar-refractivity contribution in [3.8, 4) is 23.0 Å². The highest BCUT2D eigenvalue weighted by Gasteiger charge is 2.13. The molecule has 0 N–H and O–H groups in total. The van der Waals surface area contributed by atoms with Crippen molar-refractivity contribution in [2.24, 2.45) is 0 Å². The minimum absolute atomic E-state index is 0.368. The van der Waals surface area contributed by atoms with Gasteiger partial charge in [0.1, 0.15) is 0 Å². The first kappa shape index (κ1) is 22.5. The van der Waals surface area contributed by atoms with E-state index in [9.17, 15) is 14.4 Å². The number of para-hydroxylation sites is 4. The van der Waals surface area contributed by atoms with Crippen molar-refractivity contribution in [3.05, 3.63) is 48.5 Å². The predicted molar refractivity (Wildman–Crippen MR) is 104 cm³/mol. The summed E-state index contributed by atoms with van der Waals surface area (Å²) in [7, 11) is 2.95. The molecule has 0 bridgehead atoms. The van der Waals surface area contributed by atoms with Gasteiger partial charge in [0.2, 0.25) is 5.78 Å². The van der Waals surface area contributed by atoms with Gasteiger partial charge in [-0.05, 0) is 24.3 Å². The van der Waals surface area contributed by atoms with Gasteiger partial charge in [0, 0.05) is 0 Å². The second-order valence-corrected chi connectivity index (χ2v) is 5.74. The topological polar surface area (TPSA) is 107 Å². The normalized spacial score (nSPS) is 9.93. The van der Waals surface area contributed by atoms with E-state index in [1.165, 1.54) is 14.2 Å². The standard InChI is InChI=1S/C21H22O9/c1-25-16-7-3-5-9-18(16)27-13-20(23)29-11-15(22)12-30-21(24)14-28-19-10-6-4-8-17(19)26-2/h3-10H,11-14H2,1-2H3. The summed E-state index contributed by atoms with van der Waals surface area (Å²) in [6.07, 6.45) is 0. The molecule has 9 heteroatoms. The fraction of sp³-hybridized carbons (Fsp3) is 0.286. The molecule has 9 nitrogen and oxygen atoms in total. The molecule has 0 aliphatic rings. The summed E-state index contributed by atoms with van der Waals surface area (Å²) >= 11 is 0. The third-order valence-electron chi connectivity index (χ3n) is 3.62. The molecule has 0 aliphatic heterocycles. The van der Waals surface area contributed by atoms with Gasteiger partial charge in [-0.1, -0.05) is 24.3 Å². The Balaban J connectivity index is 1.64. The van der Waals surface area contributed by atoms with Crippen LogP contribution in [0.5, 0.6) is 23.0 Å². The Bertz CT molecular complexity index is 794. The average Bonchev–Trinajstić information content (AvgIpc) is 2.78. The zero-order valence-corrected chi connectivity index (χ0v) is 16.6. The highest BCUT2D eigenvalue weighted by molar-refractivity contribution is 5.85. The molecule has 160 valence electrons. The van der Waals surface area contributed by atoms with Crippen LogP contribution in [0.2, 0.25) is 0 Å². The summed E-state index contributed by atoms with van der Waals surface area (Å²) in [5.74, 6) is -0.432. The first-order chi connectivity index (χ1) is 14.5. The quantitative estimate of drug-likeness (QED) is 0.477. The number of hydrogen-bond acceptors (Lipinski definition) is 9. The number of carbonyl (C=O) groups excluding carboxylic acids is 3. The van der Waals surface area contributed by atoms with Gasteiger partial charge >= 0.3 is 11.9 Å². The van der Waals surface area contributed by atoms with E-state index in [4.69, 9.17) is 28.4 Å². The minimum atomic E-state index is -0.750. The predicted octanol–water partition coefficient (Wildman–Crippen LogP) is 1.82. The highest BCUT2D eigenvalue weighted by atomic mass is 16.6. The van der Waals surface area contributed by atoms with Crippen LogP contribution in [0.4, 0.5) is 0 Å². The van der Waals surface area contributed by atoms with Crippen molar-refractivity contribution >= 4 is 17.7 Å². The van der Waals surface area contributed by atoms with Crippen LogP contribution in [0.25, 0.3) is 0 Å². The molecule has 0 heterocycles. The number of hydrogen-bond donors (Lipinski definition) is 0. The Labute approximate surface area is 173 Å². The minimum Gasteiger partial charge on any atom is -0.493 e. The Morgan fingerprint density at radius 1 is 0.600 bits per heavy atom. The fourth-order valence-electron chi connectivity index (χ4n) is 2.20. The summed E-state index contributed by atoms with van der Waals surface area (Å²) < 4.78 is 30.4. The molecule has 2 aromatic carbocycles. The lowest BCUT2D eigenvalue weighted by molar-refractivity contribution is -0.154. The van der Waals surface area contributed by atoms with E-state index >= 15 is 0 Å². The summed E-state index contributed by atoms with van der Waals surface area (Å²) in [5, 5.41) is 0. The van der Waals surface area contributed by atoms with Gasteiger partial charge < -0.3 is 28.4 Å². The van der Waals surface area contributed by atoms with E-state index in [2.05, 4.69) is 0 Å². The van der Waals surface area contributed by atoms with Crippen molar-refractivity contribution in [1.82, 2.24) is 0 Å². The van der Waals surface area contributed by atoms with Crippen LogP contribution in [0.15, 0.2) is 48.5 Å². The molecule has 0 saturated carbocycles. The number of methoxy groups -OCH3 is 2. The zero-order chi connectivity index (χ0) is 21.8. The first-order valence-electron chi connectivity index (χ1n) is 8.88. The molecule has 0 saturated heterocycles. The Kier molecular flexibility index (Phi) is 8.98. The second kappa shape index (κ2) is 11.9. The molecule has 2 rings (SSSR count). The third-order valence-corrected chi connectivity index (χ3v) is 3.62.